The van der Waals surface area contributed by atoms with Gasteiger partial charge in [-0.15, -0.1) is 0 Å². The molecule has 0 aliphatic heterocycles. The van der Waals surface area contributed by atoms with Crippen LogP contribution in [0.1, 0.15) is 0 Å². The molecule has 0 radical (unpaired) electrons. The van der Waals surface area contributed by atoms with Crippen LogP contribution in [0.4, 0.5) is 9.59 Å². The molecular formula is C8H8O7. The number of hydrogen-bond acceptors (Lipinski definition) is 5. The van der Waals surface area contributed by atoms with E-state index in [0.717, 1.165) is 0 Å². The number of carbonyl (C=O) groups is 2. The van der Waals surface area contributed by atoms with Crippen LogP contribution in [-0.4, -0.2) is 32.7 Å². The van der Waals surface area contributed by atoms with Crippen LogP contribution in [0.15, 0.2) is 24.3 Å². The molecule has 82 valence electrons. The van der Waals surface area contributed by atoms with E-state index in [1.54, 1.807) is 6.07 Å². The highest BCUT2D eigenvalue weighted by atomic mass is 16.7. The van der Waals surface area contributed by atoms with Crippen molar-refractivity contribution in [2.45, 2.75) is 0 Å². The Labute approximate surface area is 83.8 Å². The summed E-state index contributed by atoms with van der Waals surface area (Å²) in [5.74, 6) is 0.176. The average molecular weight is 216 g/mol. The van der Waals surface area contributed by atoms with Gasteiger partial charge in [-0.05, 0) is 12.1 Å². The summed E-state index contributed by atoms with van der Waals surface area (Å²) in [6.45, 7) is 0. The number of hydrogen-bond donors (Lipinski definition) is 4. The van der Waals surface area contributed by atoms with Gasteiger partial charge in [0.05, 0.1) is 0 Å². The van der Waals surface area contributed by atoms with E-state index in [2.05, 4.69) is 4.74 Å². The zero-order valence-electron chi connectivity index (χ0n) is 7.32. The molecule has 0 saturated carbocycles. The lowest BCUT2D eigenvalue weighted by Gasteiger charge is -1.89. The zero-order chi connectivity index (χ0) is 11.8. The highest BCUT2D eigenvalue weighted by Gasteiger charge is 2.01. The molecule has 0 heterocycles. The molecule has 0 unspecified atom stereocenters. The Morgan fingerprint density at radius 1 is 1.00 bits per heavy atom. The molecule has 7 heteroatoms. The largest absolute Gasteiger partial charge is 0.516 e. The molecule has 4 N–H and O–H groups in total. The summed E-state index contributed by atoms with van der Waals surface area (Å²) < 4.78 is 3.08. The van der Waals surface area contributed by atoms with E-state index < -0.39 is 12.3 Å². The highest BCUT2D eigenvalue weighted by Crippen LogP contribution is 2.14. The standard InChI is InChI=1S/C6H6O2.C2H2O5/c7-5-2-1-3-6(8)4-5;3-1(4)7-2(5)6/h1-4,7-8H;(H,3,4)(H,5,6). The number of carboxylic acid groups (broad SMARTS) is 2. The first-order chi connectivity index (χ1) is 6.91. The molecule has 0 aliphatic carbocycles. The van der Waals surface area contributed by atoms with Crippen molar-refractivity contribution >= 4 is 12.3 Å². The first-order valence-corrected chi connectivity index (χ1v) is 3.53. The minimum absolute atomic E-state index is 0.0880. The van der Waals surface area contributed by atoms with Crippen LogP contribution < -0.4 is 0 Å². The van der Waals surface area contributed by atoms with E-state index in [4.69, 9.17) is 20.4 Å². The lowest BCUT2D eigenvalue weighted by Crippen LogP contribution is -2.05. The van der Waals surface area contributed by atoms with E-state index in [-0.39, 0.29) is 11.5 Å². The van der Waals surface area contributed by atoms with Gasteiger partial charge in [0.15, 0.2) is 0 Å². The van der Waals surface area contributed by atoms with Crippen molar-refractivity contribution in [1.29, 1.82) is 0 Å². The minimum Gasteiger partial charge on any atom is -0.508 e. The predicted molar refractivity (Wildman–Crippen MR) is 46.9 cm³/mol. The van der Waals surface area contributed by atoms with Crippen molar-refractivity contribution in [3.63, 3.8) is 0 Å². The van der Waals surface area contributed by atoms with Crippen LogP contribution in [0.3, 0.4) is 0 Å². The van der Waals surface area contributed by atoms with Gasteiger partial charge in [-0.1, -0.05) is 6.07 Å². The fourth-order valence-electron chi connectivity index (χ4n) is 0.568. The first-order valence-electron chi connectivity index (χ1n) is 3.53. The lowest BCUT2D eigenvalue weighted by atomic mass is 10.3. The van der Waals surface area contributed by atoms with Gasteiger partial charge in [0.1, 0.15) is 11.5 Å². The Morgan fingerprint density at radius 2 is 1.40 bits per heavy atom. The van der Waals surface area contributed by atoms with Crippen molar-refractivity contribution in [2.24, 2.45) is 0 Å². The molecule has 0 aromatic heterocycles. The maximum Gasteiger partial charge on any atom is 0.516 e. The SMILES string of the molecule is O=C(O)OC(=O)O.Oc1cccc(O)c1. The number of aromatic hydroxyl groups is 2. The van der Waals surface area contributed by atoms with Crippen molar-refractivity contribution in [3.05, 3.63) is 24.3 Å². The normalized spacial score (nSPS) is 8.27. The van der Waals surface area contributed by atoms with Crippen LogP contribution in [-0.2, 0) is 4.74 Å². The minimum atomic E-state index is -1.81. The summed E-state index contributed by atoms with van der Waals surface area (Å²) in [6, 6.07) is 5.85. The summed E-state index contributed by atoms with van der Waals surface area (Å²) in [5.41, 5.74) is 0. The van der Waals surface area contributed by atoms with Crippen molar-refractivity contribution in [3.8, 4) is 11.5 Å². The smallest absolute Gasteiger partial charge is 0.508 e. The molecule has 7 nitrogen and oxygen atoms in total. The summed E-state index contributed by atoms with van der Waals surface area (Å²) in [4.78, 5) is 18.4. The van der Waals surface area contributed by atoms with Crippen LogP contribution in [0, 0.1) is 0 Å². The van der Waals surface area contributed by atoms with Crippen molar-refractivity contribution in [2.75, 3.05) is 0 Å². The van der Waals surface area contributed by atoms with Gasteiger partial charge in [0.2, 0.25) is 0 Å². The van der Waals surface area contributed by atoms with Gasteiger partial charge in [-0.25, -0.2) is 9.59 Å². The Morgan fingerprint density at radius 3 is 1.53 bits per heavy atom. The Bertz CT molecular complexity index is 317. The fraction of sp³-hybridized carbons (Fsp3) is 0. The Hall–Kier alpha value is -2.44. The molecule has 1 aromatic carbocycles. The number of rotatable bonds is 0. The summed E-state index contributed by atoms with van der Waals surface area (Å²) in [5, 5.41) is 32.3. The van der Waals surface area contributed by atoms with E-state index in [9.17, 15) is 9.59 Å². The van der Waals surface area contributed by atoms with Gasteiger partial charge in [0.25, 0.3) is 0 Å². The number of ether oxygens (including phenoxy) is 1. The molecule has 0 spiro atoms. The maximum atomic E-state index is 9.21. The van der Waals surface area contributed by atoms with Crippen LogP contribution in [0.25, 0.3) is 0 Å². The summed E-state index contributed by atoms with van der Waals surface area (Å²) in [6.07, 6.45) is -3.62. The predicted octanol–water partition coefficient (Wildman–Crippen LogP) is 1.46. The topological polar surface area (TPSA) is 124 Å². The van der Waals surface area contributed by atoms with E-state index in [1.165, 1.54) is 18.2 Å². The zero-order valence-corrected chi connectivity index (χ0v) is 7.32. The highest BCUT2D eigenvalue weighted by molar-refractivity contribution is 5.74. The monoisotopic (exact) mass is 216 g/mol. The molecular weight excluding hydrogens is 208 g/mol. The number of benzene rings is 1. The van der Waals surface area contributed by atoms with E-state index in [1.807, 2.05) is 0 Å². The third kappa shape index (κ3) is 7.91. The molecule has 0 saturated heterocycles. The molecule has 0 aliphatic rings. The third-order valence-corrected chi connectivity index (χ3v) is 1.00. The van der Waals surface area contributed by atoms with Gasteiger partial charge < -0.3 is 25.2 Å². The Kier molecular flexibility index (Phi) is 5.09. The van der Waals surface area contributed by atoms with Crippen molar-refractivity contribution in [1.82, 2.24) is 0 Å². The second-order valence-electron chi connectivity index (χ2n) is 2.15. The van der Waals surface area contributed by atoms with E-state index >= 15 is 0 Å². The Balaban J connectivity index is 0.000000265. The summed E-state index contributed by atoms with van der Waals surface area (Å²) in [7, 11) is 0. The van der Waals surface area contributed by atoms with Gasteiger partial charge in [-0.2, -0.15) is 0 Å². The number of phenolic OH excluding ortho intramolecular Hbond substituents is 2. The second kappa shape index (κ2) is 6.08. The maximum absolute atomic E-state index is 9.21. The second-order valence-corrected chi connectivity index (χ2v) is 2.15. The van der Waals surface area contributed by atoms with E-state index in [0.29, 0.717) is 0 Å². The molecule has 0 fully saturated rings. The van der Waals surface area contributed by atoms with Crippen LogP contribution in [0.5, 0.6) is 11.5 Å². The first kappa shape index (κ1) is 12.6. The fourth-order valence-corrected chi connectivity index (χ4v) is 0.568. The molecule has 0 atom stereocenters. The van der Waals surface area contributed by atoms with Crippen LogP contribution in [0.2, 0.25) is 0 Å². The molecule has 1 aromatic rings. The van der Waals surface area contributed by atoms with Gasteiger partial charge >= 0.3 is 12.3 Å². The van der Waals surface area contributed by atoms with Crippen molar-refractivity contribution < 1.29 is 34.8 Å². The summed E-state index contributed by atoms with van der Waals surface area (Å²) >= 11 is 0. The molecule has 1 rings (SSSR count). The quantitative estimate of drug-likeness (QED) is 0.382. The molecule has 0 amide bonds. The molecule has 0 bridgehead atoms. The van der Waals surface area contributed by atoms with Gasteiger partial charge in [-0.3, -0.25) is 0 Å². The third-order valence-electron chi connectivity index (χ3n) is 1.00. The number of phenols is 2. The molecule has 15 heavy (non-hydrogen) atoms. The lowest BCUT2D eigenvalue weighted by molar-refractivity contribution is 0.0802. The van der Waals surface area contributed by atoms with Crippen LogP contribution >= 0.6 is 0 Å². The van der Waals surface area contributed by atoms with Gasteiger partial charge in [0, 0.05) is 6.07 Å². The average Bonchev–Trinajstić information content (AvgIpc) is 2.01.